The van der Waals surface area contributed by atoms with E-state index in [-0.39, 0.29) is 0 Å². The Kier molecular flexibility index (Phi) is 1.97. The SMILES string of the molecule is Clc1ccc(-c2csc3ncnn23)cc1. The highest BCUT2D eigenvalue weighted by atomic mass is 35.5. The van der Waals surface area contributed by atoms with Gasteiger partial charge in [-0.05, 0) is 12.1 Å². The summed E-state index contributed by atoms with van der Waals surface area (Å²) < 4.78 is 1.83. The number of hydrogen-bond acceptors (Lipinski definition) is 3. The molecular weight excluding hydrogens is 230 g/mol. The highest BCUT2D eigenvalue weighted by Crippen LogP contribution is 2.25. The lowest BCUT2D eigenvalue weighted by molar-refractivity contribution is 0.984. The van der Waals surface area contributed by atoms with Gasteiger partial charge in [0.1, 0.15) is 6.33 Å². The molecule has 1 aromatic carbocycles. The molecule has 15 heavy (non-hydrogen) atoms. The molecule has 0 atom stereocenters. The van der Waals surface area contributed by atoms with E-state index in [4.69, 9.17) is 11.6 Å². The predicted molar refractivity (Wildman–Crippen MR) is 61.3 cm³/mol. The normalized spacial score (nSPS) is 11.0. The van der Waals surface area contributed by atoms with Crippen molar-refractivity contribution in [3.8, 4) is 11.3 Å². The first kappa shape index (κ1) is 8.88. The number of benzene rings is 1. The summed E-state index contributed by atoms with van der Waals surface area (Å²) in [6.45, 7) is 0. The molecule has 0 saturated heterocycles. The van der Waals surface area contributed by atoms with Gasteiger partial charge in [0.05, 0.1) is 5.69 Å². The Labute approximate surface area is 95.0 Å². The van der Waals surface area contributed by atoms with Crippen LogP contribution in [0.5, 0.6) is 0 Å². The minimum Gasteiger partial charge on any atom is -0.206 e. The number of rotatable bonds is 1. The summed E-state index contributed by atoms with van der Waals surface area (Å²) in [4.78, 5) is 5.03. The van der Waals surface area contributed by atoms with Gasteiger partial charge in [0.25, 0.3) is 0 Å². The van der Waals surface area contributed by atoms with Crippen LogP contribution in [0.4, 0.5) is 0 Å². The van der Waals surface area contributed by atoms with Gasteiger partial charge in [0, 0.05) is 16.0 Å². The molecule has 2 aromatic heterocycles. The third-order valence-corrected chi connectivity index (χ3v) is 3.24. The standard InChI is InChI=1S/C10H6ClN3S/c11-8-3-1-7(2-4-8)9-5-15-10-12-6-13-14(9)10/h1-6H. The van der Waals surface area contributed by atoms with Gasteiger partial charge in [-0.2, -0.15) is 5.10 Å². The lowest BCUT2D eigenvalue weighted by atomic mass is 10.2. The van der Waals surface area contributed by atoms with Crippen LogP contribution in [0.25, 0.3) is 16.2 Å². The summed E-state index contributed by atoms with van der Waals surface area (Å²) in [7, 11) is 0. The summed E-state index contributed by atoms with van der Waals surface area (Å²) in [5.74, 6) is 0. The Balaban J connectivity index is 2.21. The quantitative estimate of drug-likeness (QED) is 0.649. The molecule has 0 aliphatic heterocycles. The lowest BCUT2D eigenvalue weighted by Gasteiger charge is -1.98. The van der Waals surface area contributed by atoms with E-state index in [0.29, 0.717) is 0 Å². The molecule has 2 heterocycles. The van der Waals surface area contributed by atoms with E-state index in [1.165, 1.54) is 0 Å². The zero-order valence-electron chi connectivity index (χ0n) is 7.59. The van der Waals surface area contributed by atoms with Crippen LogP contribution in [-0.4, -0.2) is 14.6 Å². The summed E-state index contributed by atoms with van der Waals surface area (Å²) in [6, 6.07) is 7.70. The van der Waals surface area contributed by atoms with Crippen molar-refractivity contribution in [1.82, 2.24) is 14.6 Å². The van der Waals surface area contributed by atoms with Gasteiger partial charge in [0.2, 0.25) is 4.96 Å². The lowest BCUT2D eigenvalue weighted by Crippen LogP contribution is -1.86. The molecule has 3 nitrogen and oxygen atoms in total. The maximum absolute atomic E-state index is 5.84. The Hall–Kier alpha value is -1.39. The molecular formula is C10H6ClN3S. The van der Waals surface area contributed by atoms with Crippen molar-refractivity contribution in [2.75, 3.05) is 0 Å². The van der Waals surface area contributed by atoms with Crippen molar-refractivity contribution < 1.29 is 0 Å². The topological polar surface area (TPSA) is 30.2 Å². The fraction of sp³-hybridized carbons (Fsp3) is 0. The summed E-state index contributed by atoms with van der Waals surface area (Å²) in [6.07, 6.45) is 1.56. The number of thiazole rings is 1. The van der Waals surface area contributed by atoms with Crippen molar-refractivity contribution in [1.29, 1.82) is 0 Å². The van der Waals surface area contributed by atoms with Crippen LogP contribution >= 0.6 is 22.9 Å². The van der Waals surface area contributed by atoms with Gasteiger partial charge in [-0.15, -0.1) is 11.3 Å². The van der Waals surface area contributed by atoms with E-state index < -0.39 is 0 Å². The zero-order valence-corrected chi connectivity index (χ0v) is 9.16. The molecule has 0 spiro atoms. The van der Waals surface area contributed by atoms with Crippen LogP contribution in [-0.2, 0) is 0 Å². The maximum atomic E-state index is 5.84. The molecule has 74 valence electrons. The van der Waals surface area contributed by atoms with Crippen LogP contribution in [0.2, 0.25) is 5.02 Å². The van der Waals surface area contributed by atoms with Crippen molar-refractivity contribution in [3.63, 3.8) is 0 Å². The Morgan fingerprint density at radius 1 is 1.20 bits per heavy atom. The van der Waals surface area contributed by atoms with E-state index in [0.717, 1.165) is 21.2 Å². The van der Waals surface area contributed by atoms with E-state index in [9.17, 15) is 0 Å². The monoisotopic (exact) mass is 235 g/mol. The number of fused-ring (bicyclic) bond motifs is 1. The van der Waals surface area contributed by atoms with Gasteiger partial charge in [-0.25, -0.2) is 9.50 Å². The predicted octanol–water partition coefficient (Wildman–Crippen LogP) is 3.11. The molecule has 3 rings (SSSR count). The molecule has 0 bridgehead atoms. The maximum Gasteiger partial charge on any atom is 0.212 e. The van der Waals surface area contributed by atoms with Crippen LogP contribution in [0.1, 0.15) is 0 Å². The van der Waals surface area contributed by atoms with Crippen LogP contribution in [0.15, 0.2) is 36.0 Å². The van der Waals surface area contributed by atoms with Gasteiger partial charge >= 0.3 is 0 Å². The second kappa shape index (κ2) is 3.32. The highest BCUT2D eigenvalue weighted by molar-refractivity contribution is 7.15. The Morgan fingerprint density at radius 3 is 2.80 bits per heavy atom. The van der Waals surface area contributed by atoms with Gasteiger partial charge in [-0.1, -0.05) is 23.7 Å². The minimum absolute atomic E-state index is 0.740. The molecule has 0 aliphatic carbocycles. The first-order valence-electron chi connectivity index (χ1n) is 4.38. The van der Waals surface area contributed by atoms with Gasteiger partial charge < -0.3 is 0 Å². The van der Waals surface area contributed by atoms with Crippen LogP contribution in [0, 0.1) is 0 Å². The van der Waals surface area contributed by atoms with E-state index in [1.807, 2.05) is 34.2 Å². The molecule has 0 amide bonds. The second-order valence-corrected chi connectivity index (χ2v) is 4.36. The molecule has 5 heteroatoms. The molecule has 0 radical (unpaired) electrons. The molecule has 3 aromatic rings. The van der Waals surface area contributed by atoms with Crippen LogP contribution < -0.4 is 0 Å². The Bertz CT molecular complexity index is 596. The highest BCUT2D eigenvalue weighted by Gasteiger charge is 2.06. The van der Waals surface area contributed by atoms with Crippen molar-refractivity contribution in [2.24, 2.45) is 0 Å². The fourth-order valence-corrected chi connectivity index (χ4v) is 2.38. The first-order valence-corrected chi connectivity index (χ1v) is 5.63. The third kappa shape index (κ3) is 1.42. The fourth-order valence-electron chi connectivity index (χ4n) is 1.45. The average Bonchev–Trinajstić information content (AvgIpc) is 2.80. The number of nitrogens with zero attached hydrogens (tertiary/aromatic N) is 3. The zero-order chi connectivity index (χ0) is 10.3. The summed E-state index contributed by atoms with van der Waals surface area (Å²) in [5, 5.41) is 6.94. The van der Waals surface area contributed by atoms with Crippen molar-refractivity contribution in [3.05, 3.63) is 41.0 Å². The summed E-state index contributed by atoms with van der Waals surface area (Å²) >= 11 is 7.41. The van der Waals surface area contributed by atoms with E-state index in [1.54, 1.807) is 17.7 Å². The third-order valence-electron chi connectivity index (χ3n) is 2.16. The molecule has 0 unspecified atom stereocenters. The largest absolute Gasteiger partial charge is 0.212 e. The minimum atomic E-state index is 0.740. The summed E-state index contributed by atoms with van der Waals surface area (Å²) in [5.41, 5.74) is 2.14. The number of halogens is 1. The second-order valence-electron chi connectivity index (χ2n) is 3.08. The average molecular weight is 236 g/mol. The van der Waals surface area contributed by atoms with Gasteiger partial charge in [-0.3, -0.25) is 0 Å². The first-order chi connectivity index (χ1) is 7.34. The number of aromatic nitrogens is 3. The van der Waals surface area contributed by atoms with Crippen LogP contribution in [0.3, 0.4) is 0 Å². The van der Waals surface area contributed by atoms with E-state index in [2.05, 4.69) is 10.1 Å². The smallest absolute Gasteiger partial charge is 0.206 e. The van der Waals surface area contributed by atoms with Crippen molar-refractivity contribution in [2.45, 2.75) is 0 Å². The number of hydrogen-bond donors (Lipinski definition) is 0. The van der Waals surface area contributed by atoms with Crippen molar-refractivity contribution >= 4 is 27.9 Å². The Morgan fingerprint density at radius 2 is 2.00 bits per heavy atom. The van der Waals surface area contributed by atoms with E-state index >= 15 is 0 Å². The molecule has 0 fully saturated rings. The molecule has 0 N–H and O–H groups in total. The molecule has 0 saturated carbocycles. The van der Waals surface area contributed by atoms with Gasteiger partial charge in [0.15, 0.2) is 0 Å². The molecule has 0 aliphatic rings.